The fraction of sp³-hybridized carbons (Fsp3) is 0.200. The summed E-state index contributed by atoms with van der Waals surface area (Å²) in [5.74, 6) is 2.57. The van der Waals surface area contributed by atoms with Crippen LogP contribution in [0.25, 0.3) is 0 Å². The molecule has 0 amide bonds. The number of terminal acetylenes is 1. The van der Waals surface area contributed by atoms with Crippen LogP contribution in [0.3, 0.4) is 0 Å². The number of rotatable bonds is 2. The van der Waals surface area contributed by atoms with Crippen molar-refractivity contribution in [2.45, 2.75) is 26.2 Å². The van der Waals surface area contributed by atoms with Gasteiger partial charge >= 0.3 is 45.2 Å². The fourth-order valence-corrected chi connectivity index (χ4v) is 0.920. The van der Waals surface area contributed by atoms with Gasteiger partial charge in [0.05, 0.1) is 0 Å². The summed E-state index contributed by atoms with van der Waals surface area (Å²) in [6, 6.07) is 0. The average Bonchev–Trinajstić information content (AvgIpc) is 3.45. The maximum absolute atomic E-state index is 7.50. The van der Waals surface area contributed by atoms with Gasteiger partial charge in [-0.05, 0) is 70.6 Å². The summed E-state index contributed by atoms with van der Waals surface area (Å²) in [6.45, 7) is 20.1. The van der Waals surface area contributed by atoms with Gasteiger partial charge < -0.3 is 0 Å². The van der Waals surface area contributed by atoms with E-state index in [0.29, 0.717) is 0 Å². The van der Waals surface area contributed by atoms with Crippen LogP contribution in [0.1, 0.15) is 26.2 Å². The summed E-state index contributed by atoms with van der Waals surface area (Å²) in [5, 5.41) is 0. The zero-order chi connectivity index (χ0) is 19.9. The van der Waals surface area contributed by atoms with E-state index in [2.05, 4.69) is 39.4 Å². The molecule has 0 heterocycles. The normalized spacial score (nSPS) is 11.2. The van der Waals surface area contributed by atoms with Crippen LogP contribution >= 0.6 is 0 Å². The van der Waals surface area contributed by atoms with E-state index in [1.807, 2.05) is 64.2 Å². The molecule has 0 bridgehead atoms. The van der Waals surface area contributed by atoms with Crippen LogP contribution in [0.5, 0.6) is 0 Å². The van der Waals surface area contributed by atoms with Gasteiger partial charge in [0.1, 0.15) is 0 Å². The van der Waals surface area contributed by atoms with E-state index in [1.54, 1.807) is 0 Å². The SMILES string of the molecule is C#CCCCC.[C-]#[O+].[C-]#[O+].[C-]#[O+].[C-]#[O+].[CH]1[CH][CH][CH][CH]1.[CH]1[CH][CH][CH][CH]1.[Mo].[Mo]. The van der Waals surface area contributed by atoms with Crippen molar-refractivity contribution in [1.82, 2.24) is 0 Å². The molecule has 2 fully saturated rings. The predicted octanol–water partition coefficient (Wildman–Crippen LogP) is 3.70. The summed E-state index contributed by atoms with van der Waals surface area (Å²) in [6.07, 6.45) is 28.3. The van der Waals surface area contributed by atoms with Crippen molar-refractivity contribution in [2.24, 2.45) is 0 Å². The third-order valence-electron chi connectivity index (χ3n) is 1.79. The van der Waals surface area contributed by atoms with Gasteiger partial charge in [-0.15, -0.1) is 12.3 Å². The van der Waals surface area contributed by atoms with E-state index in [0.717, 1.165) is 6.42 Å². The molecule has 2 aliphatic rings. The molecule has 6 heteroatoms. The van der Waals surface area contributed by atoms with Gasteiger partial charge in [-0.3, -0.25) is 0 Å². The van der Waals surface area contributed by atoms with Crippen molar-refractivity contribution in [3.05, 3.63) is 90.8 Å². The minimum absolute atomic E-state index is 0. The number of hydrogen-bond acceptors (Lipinski definition) is 0. The Morgan fingerprint density at radius 3 is 0.885 bits per heavy atom. The third kappa shape index (κ3) is 75.3. The van der Waals surface area contributed by atoms with Gasteiger partial charge in [0, 0.05) is 48.6 Å². The zero-order valence-corrected chi connectivity index (χ0v) is 18.4. The molecule has 2 saturated carbocycles. The first-order valence-corrected chi connectivity index (χ1v) is 6.50. The summed E-state index contributed by atoms with van der Waals surface area (Å²) in [7, 11) is 0. The first-order chi connectivity index (χ1) is 11.9. The van der Waals surface area contributed by atoms with Crippen molar-refractivity contribution < 1.29 is 60.7 Å². The summed E-state index contributed by atoms with van der Waals surface area (Å²) in [4.78, 5) is 0. The maximum Gasteiger partial charge on any atom is 0 e. The smallest absolute Gasteiger partial charge is 0 e. The van der Waals surface area contributed by atoms with Gasteiger partial charge in [0.25, 0.3) is 0 Å². The minimum Gasteiger partial charge on any atom is -0.0312 e. The Labute approximate surface area is 189 Å². The van der Waals surface area contributed by atoms with Crippen molar-refractivity contribution in [3.8, 4) is 12.3 Å². The summed E-state index contributed by atoms with van der Waals surface area (Å²) < 4.78 is 30.0. The second kappa shape index (κ2) is 73.6. The third-order valence-corrected chi connectivity index (χ3v) is 1.79. The van der Waals surface area contributed by atoms with Gasteiger partial charge in [0.15, 0.2) is 0 Å². The molecule has 4 nitrogen and oxygen atoms in total. The van der Waals surface area contributed by atoms with Crippen LogP contribution in [0.2, 0.25) is 0 Å². The number of hydrogen-bond donors (Lipinski definition) is 0. The van der Waals surface area contributed by atoms with Crippen LogP contribution < -0.4 is 0 Å². The molecule has 26 heavy (non-hydrogen) atoms. The Hall–Kier alpha value is -0.103. The first-order valence-electron chi connectivity index (χ1n) is 6.50. The minimum atomic E-state index is 0. The Morgan fingerprint density at radius 2 is 0.808 bits per heavy atom. The van der Waals surface area contributed by atoms with Crippen LogP contribution in [0.15, 0.2) is 0 Å². The van der Waals surface area contributed by atoms with E-state index >= 15 is 0 Å². The molecule has 0 unspecified atom stereocenters. The van der Waals surface area contributed by atoms with Crippen molar-refractivity contribution in [1.29, 1.82) is 0 Å². The van der Waals surface area contributed by atoms with E-state index in [1.165, 1.54) is 12.8 Å². The molecule has 2 rings (SSSR count). The van der Waals surface area contributed by atoms with Gasteiger partial charge in [-0.2, -0.15) is 0 Å². The van der Waals surface area contributed by atoms with Crippen molar-refractivity contribution in [2.75, 3.05) is 0 Å². The maximum atomic E-state index is 7.50. The molecule has 0 aliphatic heterocycles. The molecule has 2 aliphatic carbocycles. The van der Waals surface area contributed by atoms with Gasteiger partial charge in [-0.1, -0.05) is 13.3 Å². The predicted molar refractivity (Wildman–Crippen MR) is 87.1 cm³/mol. The standard InChI is InChI=1S/C6H10.2C5H5.4CO.2Mo/c1-3-5-6-4-2;2*1-2-4-5-3-1;4*1-2;;/h1H,4-6H2,2H3;2*1-5H;;;;;;. The molecule has 0 spiro atoms. The van der Waals surface area contributed by atoms with Gasteiger partial charge in [0.2, 0.25) is 0 Å². The van der Waals surface area contributed by atoms with E-state index in [-0.39, 0.29) is 42.1 Å². The van der Waals surface area contributed by atoms with Gasteiger partial charge in [-0.25, -0.2) is 0 Å². The molecule has 0 aromatic heterocycles. The molecule has 0 aromatic carbocycles. The van der Waals surface area contributed by atoms with Crippen molar-refractivity contribution in [3.63, 3.8) is 0 Å². The van der Waals surface area contributed by atoms with E-state index in [9.17, 15) is 0 Å². The van der Waals surface area contributed by atoms with Crippen LogP contribution in [-0.4, -0.2) is 0 Å². The molecular formula is C20H20Mo2O4. The first kappa shape index (κ1) is 45.0. The van der Waals surface area contributed by atoms with E-state index in [4.69, 9.17) is 25.0 Å². The quantitative estimate of drug-likeness (QED) is 0.177. The monoisotopic (exact) mass is 520 g/mol. The molecular weight excluding hydrogens is 496 g/mol. The Bertz CT molecular complexity index is 247. The fourth-order valence-electron chi connectivity index (χ4n) is 0.920. The van der Waals surface area contributed by atoms with E-state index < -0.39 is 0 Å². The largest absolute Gasteiger partial charge is 0.0312 e. The molecule has 0 aromatic rings. The molecule has 10 radical (unpaired) electrons. The summed E-state index contributed by atoms with van der Waals surface area (Å²) >= 11 is 0. The topological polar surface area (TPSA) is 79.6 Å². The Kier molecular flexibility index (Phi) is 127. The Morgan fingerprint density at radius 1 is 0.615 bits per heavy atom. The van der Waals surface area contributed by atoms with Crippen LogP contribution in [-0.2, 0) is 60.7 Å². The number of unbranched alkanes of at least 4 members (excludes halogenated alkanes) is 2. The average molecular weight is 516 g/mol. The second-order valence-electron chi connectivity index (χ2n) is 3.23. The van der Waals surface area contributed by atoms with Crippen LogP contribution in [0, 0.1) is 103 Å². The molecule has 0 atom stereocenters. The van der Waals surface area contributed by atoms with Crippen molar-refractivity contribution >= 4 is 0 Å². The molecule has 136 valence electrons. The zero-order valence-electron chi connectivity index (χ0n) is 14.4. The van der Waals surface area contributed by atoms with Crippen LogP contribution in [0.4, 0.5) is 0 Å². The molecule has 0 N–H and O–H groups in total. The Balaban J connectivity index is -0.0000000339. The summed E-state index contributed by atoms with van der Waals surface area (Å²) in [5.41, 5.74) is 0. The second-order valence-corrected chi connectivity index (χ2v) is 3.23. The molecule has 0 saturated heterocycles.